The number of nitrogens with zero attached hydrogens (tertiary/aromatic N) is 1. The number of hydrogen-bond acceptors (Lipinski definition) is 3. The van der Waals surface area contributed by atoms with E-state index in [0.717, 1.165) is 33.4 Å². The van der Waals surface area contributed by atoms with Gasteiger partial charge in [0.25, 0.3) is 10.0 Å². The van der Waals surface area contributed by atoms with Gasteiger partial charge in [0.05, 0.1) is 16.5 Å². The normalized spacial score (nSPS) is 14.9. The Morgan fingerprint density at radius 1 is 0.706 bits per heavy atom. The fourth-order valence-corrected chi connectivity index (χ4v) is 5.30. The number of hydrazone groups is 1. The van der Waals surface area contributed by atoms with E-state index in [1.165, 1.54) is 0 Å². The third-order valence-electron chi connectivity index (χ3n) is 6.16. The first-order valence-corrected chi connectivity index (χ1v) is 12.5. The van der Waals surface area contributed by atoms with E-state index in [1.807, 2.05) is 61.5 Å². The Morgan fingerprint density at radius 3 is 1.74 bits per heavy atom. The monoisotopic (exact) mass is 464 g/mol. The Hall–Kier alpha value is -3.96. The average molecular weight is 465 g/mol. The van der Waals surface area contributed by atoms with Gasteiger partial charge >= 0.3 is 0 Å². The number of sulfonamides is 1. The van der Waals surface area contributed by atoms with Gasteiger partial charge in [0, 0.05) is 0 Å². The third-order valence-corrected chi connectivity index (χ3v) is 7.40. The van der Waals surface area contributed by atoms with Crippen molar-refractivity contribution < 1.29 is 8.42 Å². The standard InChI is InChI=1S/C29H24N2O2S/c1-22-17-19-26(20-18-22)34(32,33)31-30-21-27-28(23-11-5-2-6-12-23)29(27,24-13-7-3-8-14-24)25-15-9-4-10-16-25/h2-21,31H,1H3/b30-21+. The van der Waals surface area contributed by atoms with Crippen molar-refractivity contribution >= 4 is 21.8 Å². The zero-order valence-corrected chi connectivity index (χ0v) is 19.5. The van der Waals surface area contributed by atoms with Gasteiger partial charge in [-0.2, -0.15) is 13.5 Å². The molecule has 0 unspecified atom stereocenters. The molecule has 0 bridgehead atoms. The van der Waals surface area contributed by atoms with Crippen LogP contribution < -0.4 is 4.83 Å². The van der Waals surface area contributed by atoms with Crippen LogP contribution in [0.15, 0.2) is 131 Å². The predicted octanol–water partition coefficient (Wildman–Crippen LogP) is 5.71. The molecule has 0 saturated heterocycles. The average Bonchev–Trinajstić information content (AvgIpc) is 3.55. The molecule has 0 amide bonds. The largest absolute Gasteiger partial charge is 0.276 e. The summed E-state index contributed by atoms with van der Waals surface area (Å²) in [5.41, 5.74) is 5.88. The maximum absolute atomic E-state index is 12.8. The summed E-state index contributed by atoms with van der Waals surface area (Å²) in [7, 11) is -3.76. The van der Waals surface area contributed by atoms with E-state index in [4.69, 9.17) is 0 Å². The minimum absolute atomic E-state index is 0.181. The van der Waals surface area contributed by atoms with Crippen molar-refractivity contribution in [2.75, 3.05) is 0 Å². The number of allylic oxidation sites excluding steroid dienone is 2. The van der Waals surface area contributed by atoms with Crippen LogP contribution in [0, 0.1) is 6.92 Å². The van der Waals surface area contributed by atoms with Crippen LogP contribution in [0.1, 0.15) is 22.3 Å². The van der Waals surface area contributed by atoms with E-state index in [9.17, 15) is 8.42 Å². The number of rotatable bonds is 7. The van der Waals surface area contributed by atoms with Crippen LogP contribution in [0.4, 0.5) is 0 Å². The lowest BCUT2D eigenvalue weighted by atomic mass is 9.80. The van der Waals surface area contributed by atoms with E-state index in [0.29, 0.717) is 0 Å². The van der Waals surface area contributed by atoms with Crippen molar-refractivity contribution in [1.82, 2.24) is 4.83 Å². The molecule has 0 aliphatic heterocycles. The van der Waals surface area contributed by atoms with E-state index < -0.39 is 15.4 Å². The van der Waals surface area contributed by atoms with Gasteiger partial charge in [0.1, 0.15) is 0 Å². The van der Waals surface area contributed by atoms with Crippen LogP contribution >= 0.6 is 0 Å². The minimum atomic E-state index is -3.76. The molecule has 4 aromatic carbocycles. The summed E-state index contributed by atoms with van der Waals surface area (Å²) >= 11 is 0. The zero-order valence-electron chi connectivity index (χ0n) is 18.7. The maximum atomic E-state index is 12.8. The molecule has 1 N–H and O–H groups in total. The van der Waals surface area contributed by atoms with Crippen molar-refractivity contribution in [1.29, 1.82) is 0 Å². The van der Waals surface area contributed by atoms with Gasteiger partial charge in [-0.25, -0.2) is 4.83 Å². The van der Waals surface area contributed by atoms with Gasteiger partial charge in [0.2, 0.25) is 0 Å². The van der Waals surface area contributed by atoms with Crippen molar-refractivity contribution in [3.8, 4) is 0 Å². The van der Waals surface area contributed by atoms with Gasteiger partial charge in [-0.05, 0) is 46.9 Å². The Balaban J connectivity index is 1.57. The molecular weight excluding hydrogens is 440 g/mol. The molecule has 1 aliphatic rings. The molecule has 5 rings (SSSR count). The van der Waals surface area contributed by atoms with Crippen molar-refractivity contribution in [3.63, 3.8) is 0 Å². The summed E-state index contributed by atoms with van der Waals surface area (Å²) < 4.78 is 25.5. The second-order valence-corrected chi connectivity index (χ2v) is 9.96. The minimum Gasteiger partial charge on any atom is -0.200 e. The fraction of sp³-hybridized carbons (Fsp3) is 0.0690. The highest BCUT2D eigenvalue weighted by Gasteiger charge is 2.55. The molecule has 0 fully saturated rings. The van der Waals surface area contributed by atoms with Crippen molar-refractivity contribution in [3.05, 3.63) is 143 Å². The molecule has 0 spiro atoms. The van der Waals surface area contributed by atoms with E-state index in [1.54, 1.807) is 30.5 Å². The lowest BCUT2D eigenvalue weighted by Crippen LogP contribution is -2.19. The highest BCUT2D eigenvalue weighted by Crippen LogP contribution is 2.62. The maximum Gasteiger partial charge on any atom is 0.276 e. The smallest absolute Gasteiger partial charge is 0.200 e. The van der Waals surface area contributed by atoms with E-state index in [-0.39, 0.29) is 4.90 Å². The van der Waals surface area contributed by atoms with Crippen LogP contribution in [0.2, 0.25) is 0 Å². The lowest BCUT2D eigenvalue weighted by Gasteiger charge is -2.21. The van der Waals surface area contributed by atoms with Crippen LogP contribution in [-0.4, -0.2) is 14.6 Å². The third kappa shape index (κ3) is 3.84. The number of hydrogen-bond donors (Lipinski definition) is 1. The molecular formula is C29H24N2O2S. The summed E-state index contributed by atoms with van der Waals surface area (Å²) in [5, 5.41) is 4.21. The predicted molar refractivity (Wildman–Crippen MR) is 137 cm³/mol. The second kappa shape index (κ2) is 8.76. The first-order chi connectivity index (χ1) is 16.5. The molecule has 0 saturated carbocycles. The summed E-state index contributed by atoms with van der Waals surface area (Å²) in [5.74, 6) is 0. The van der Waals surface area contributed by atoms with Gasteiger partial charge in [-0.1, -0.05) is 109 Å². The number of nitrogens with one attached hydrogen (secondary N) is 1. The first kappa shape index (κ1) is 21.9. The van der Waals surface area contributed by atoms with Crippen molar-refractivity contribution in [2.45, 2.75) is 17.2 Å². The summed E-state index contributed by atoms with van der Waals surface area (Å²) in [4.78, 5) is 2.57. The molecule has 168 valence electrons. The zero-order chi connectivity index (χ0) is 23.6. The Kier molecular flexibility index (Phi) is 5.64. The van der Waals surface area contributed by atoms with Crippen LogP contribution in [0.3, 0.4) is 0 Å². The van der Waals surface area contributed by atoms with Gasteiger partial charge in [0.15, 0.2) is 0 Å². The molecule has 1 aliphatic carbocycles. The van der Waals surface area contributed by atoms with Gasteiger partial charge in [-0.15, -0.1) is 0 Å². The molecule has 4 aromatic rings. The number of benzene rings is 4. The second-order valence-electron chi connectivity index (χ2n) is 8.30. The number of aryl methyl sites for hydroxylation is 1. The lowest BCUT2D eigenvalue weighted by molar-refractivity contribution is 0.584. The Morgan fingerprint density at radius 2 is 1.21 bits per heavy atom. The molecule has 4 nitrogen and oxygen atoms in total. The van der Waals surface area contributed by atoms with Crippen molar-refractivity contribution in [2.24, 2.45) is 5.10 Å². The van der Waals surface area contributed by atoms with E-state index in [2.05, 4.69) is 46.3 Å². The highest BCUT2D eigenvalue weighted by molar-refractivity contribution is 7.89. The molecule has 0 atom stereocenters. The Bertz CT molecular complexity index is 1420. The molecule has 34 heavy (non-hydrogen) atoms. The quantitative estimate of drug-likeness (QED) is 0.281. The molecule has 0 aromatic heterocycles. The summed E-state index contributed by atoms with van der Waals surface area (Å²) in [6.45, 7) is 1.92. The molecule has 0 heterocycles. The fourth-order valence-electron chi connectivity index (χ4n) is 4.51. The summed E-state index contributed by atoms with van der Waals surface area (Å²) in [6.07, 6.45) is 1.65. The highest BCUT2D eigenvalue weighted by atomic mass is 32.2. The SMILES string of the molecule is Cc1ccc(S(=O)(=O)N/N=C/C2=C(c3ccccc3)C2(c2ccccc2)c2ccccc2)cc1. The van der Waals surface area contributed by atoms with Crippen LogP contribution in [0.5, 0.6) is 0 Å². The Labute approximate surface area is 200 Å². The van der Waals surface area contributed by atoms with Crippen LogP contribution in [-0.2, 0) is 15.4 Å². The first-order valence-electron chi connectivity index (χ1n) is 11.1. The topological polar surface area (TPSA) is 58.5 Å². The van der Waals surface area contributed by atoms with Gasteiger partial charge < -0.3 is 0 Å². The molecule has 0 radical (unpaired) electrons. The van der Waals surface area contributed by atoms with E-state index >= 15 is 0 Å². The molecule has 5 heteroatoms. The van der Waals surface area contributed by atoms with Crippen LogP contribution in [0.25, 0.3) is 5.57 Å². The summed E-state index contributed by atoms with van der Waals surface area (Å²) in [6, 6.07) is 37.4. The van der Waals surface area contributed by atoms with Gasteiger partial charge in [-0.3, -0.25) is 0 Å².